The molecule has 2 aliphatic heterocycles. The van der Waals surface area contributed by atoms with E-state index in [1.807, 2.05) is 0 Å². The first-order chi connectivity index (χ1) is 30.8. The summed E-state index contributed by atoms with van der Waals surface area (Å²) in [4.78, 5) is 67.5. The molecule has 2 saturated heterocycles. The van der Waals surface area contributed by atoms with Crippen LogP contribution in [0.15, 0.2) is 0 Å². The Morgan fingerprint density at radius 2 is 0.953 bits per heavy atom. The minimum atomic E-state index is -1.19. The Kier molecular flexibility index (Phi) is 19.1. The van der Waals surface area contributed by atoms with Crippen molar-refractivity contribution in [1.29, 1.82) is 0 Å². The van der Waals surface area contributed by atoms with Gasteiger partial charge in [0.25, 0.3) is 0 Å². The fourth-order valence-electron chi connectivity index (χ4n) is 9.30. The monoisotopic (exact) mass is 905 g/mol. The first kappa shape index (κ1) is 49.6. The Bertz CT molecular complexity index is 1740. The molecule has 20 nitrogen and oxygen atoms in total. The third kappa shape index (κ3) is 14.3. The van der Waals surface area contributed by atoms with Crippen LogP contribution in [0.25, 0.3) is 0 Å². The average Bonchev–Trinajstić information content (AvgIpc) is 4.02. The first-order valence-corrected chi connectivity index (χ1v) is 22.7. The number of anilines is 4. The summed E-state index contributed by atoms with van der Waals surface area (Å²) in [6, 6.07) is -0.430. The van der Waals surface area contributed by atoms with Crippen molar-refractivity contribution in [1.82, 2.24) is 41.4 Å². The number of aliphatic hydroxyl groups excluding tert-OH is 2. The van der Waals surface area contributed by atoms with E-state index >= 15 is 8.78 Å². The van der Waals surface area contributed by atoms with Gasteiger partial charge in [0.15, 0.2) is 23.3 Å². The fourth-order valence-corrected chi connectivity index (χ4v) is 9.30. The molecule has 4 fully saturated rings. The van der Waals surface area contributed by atoms with Gasteiger partial charge in [-0.05, 0) is 77.0 Å². The Labute approximate surface area is 372 Å². The predicted molar refractivity (Wildman–Crippen MR) is 233 cm³/mol. The summed E-state index contributed by atoms with van der Waals surface area (Å²) in [5.41, 5.74) is 10.1. The number of aromatic nitrogens is 4. The molecule has 0 spiro atoms. The highest BCUT2D eigenvalue weighted by Crippen LogP contribution is 2.33. The fraction of sp³-hybridized carbons (Fsp3) is 0.714. The van der Waals surface area contributed by atoms with Gasteiger partial charge in [-0.3, -0.25) is 31.3 Å². The van der Waals surface area contributed by atoms with Crippen molar-refractivity contribution < 1.29 is 48.4 Å². The molecular formula is C42H66F2N12O8. The molecule has 22 heteroatoms. The van der Waals surface area contributed by atoms with Gasteiger partial charge in [0.2, 0.25) is 23.4 Å². The number of aliphatic hydroxyl groups is 2. The standard InChI is InChI=1S/2C21H33FN6O4/c2*1-13-24-18(17(22)19(25-13)28-9-5-4-8-16(28)12-29)26-27-20(30)15(11-23-21(31)32)10-14-6-2-3-7-14/h2*14-16,23,29H,2-12H2,1H3,(H,27,30)(H,31,32)(H,24,25,26)/t2*15-,16+/m11/s1. The molecular weight excluding hydrogens is 839 g/mol. The maximum Gasteiger partial charge on any atom is 0.404 e. The number of piperidine rings is 2. The second-order valence-corrected chi connectivity index (χ2v) is 17.3. The lowest BCUT2D eigenvalue weighted by Gasteiger charge is -2.35. The lowest BCUT2D eigenvalue weighted by molar-refractivity contribution is -0.125. The van der Waals surface area contributed by atoms with Gasteiger partial charge in [-0.25, -0.2) is 29.5 Å². The zero-order valence-electron chi connectivity index (χ0n) is 36.9. The van der Waals surface area contributed by atoms with Crippen LogP contribution >= 0.6 is 0 Å². The van der Waals surface area contributed by atoms with Gasteiger partial charge in [0.1, 0.15) is 11.6 Å². The van der Waals surface area contributed by atoms with Crippen LogP contribution in [0, 0.1) is 49.2 Å². The van der Waals surface area contributed by atoms with Crippen molar-refractivity contribution in [2.45, 2.75) is 129 Å². The number of halogens is 2. The summed E-state index contributed by atoms with van der Waals surface area (Å²) in [6.45, 7) is 4.21. The number of amides is 4. The van der Waals surface area contributed by atoms with E-state index in [9.17, 15) is 29.4 Å². The van der Waals surface area contributed by atoms with E-state index in [2.05, 4.69) is 52.3 Å². The van der Waals surface area contributed by atoms with Crippen LogP contribution in [-0.2, 0) is 9.59 Å². The smallest absolute Gasteiger partial charge is 0.404 e. The molecule has 0 bridgehead atoms. The predicted octanol–water partition coefficient (Wildman–Crippen LogP) is 4.37. The molecule has 4 atom stereocenters. The van der Waals surface area contributed by atoms with Crippen LogP contribution in [0.1, 0.15) is 114 Å². The number of carboxylic acid groups (broad SMARTS) is 2. The van der Waals surface area contributed by atoms with Gasteiger partial charge < -0.3 is 40.9 Å². The highest BCUT2D eigenvalue weighted by molar-refractivity contribution is 5.81. The molecule has 2 aliphatic carbocycles. The number of carbonyl (C=O) groups excluding carboxylic acids is 2. The third-order valence-electron chi connectivity index (χ3n) is 12.6. The summed E-state index contributed by atoms with van der Waals surface area (Å²) in [6.07, 6.45) is 12.5. The second-order valence-electron chi connectivity index (χ2n) is 17.3. The Balaban J connectivity index is 0.000000241. The molecule has 2 aromatic heterocycles. The molecule has 2 aromatic rings. The maximum atomic E-state index is 15.2. The number of nitrogens with zero attached hydrogens (tertiary/aromatic N) is 6. The van der Waals surface area contributed by atoms with E-state index in [0.29, 0.717) is 49.4 Å². The molecule has 2 saturated carbocycles. The van der Waals surface area contributed by atoms with Gasteiger partial charge in [-0.2, -0.15) is 8.78 Å². The molecule has 0 unspecified atom stereocenters. The van der Waals surface area contributed by atoms with Crippen molar-refractivity contribution in [2.24, 2.45) is 23.7 Å². The number of hydrazine groups is 2. The minimum absolute atomic E-state index is 0.0121. The minimum Gasteiger partial charge on any atom is -0.465 e. The summed E-state index contributed by atoms with van der Waals surface area (Å²) < 4.78 is 30.5. The van der Waals surface area contributed by atoms with Crippen molar-refractivity contribution in [2.75, 3.05) is 60.0 Å². The first-order valence-electron chi connectivity index (χ1n) is 22.7. The van der Waals surface area contributed by atoms with Crippen LogP contribution in [0.4, 0.5) is 41.6 Å². The number of nitrogens with one attached hydrogen (secondary N) is 6. The van der Waals surface area contributed by atoms with Crippen molar-refractivity contribution in [3.8, 4) is 0 Å². The quantitative estimate of drug-likeness (QED) is 0.0931. The van der Waals surface area contributed by atoms with Crippen LogP contribution in [-0.4, -0.2) is 116 Å². The van der Waals surface area contributed by atoms with Crippen LogP contribution < -0.4 is 42.1 Å². The van der Waals surface area contributed by atoms with Crippen LogP contribution in [0.2, 0.25) is 0 Å². The van der Waals surface area contributed by atoms with Crippen molar-refractivity contribution >= 4 is 47.3 Å². The van der Waals surface area contributed by atoms with Gasteiger partial charge >= 0.3 is 12.2 Å². The van der Waals surface area contributed by atoms with Gasteiger partial charge in [-0.1, -0.05) is 51.4 Å². The zero-order valence-corrected chi connectivity index (χ0v) is 36.9. The highest BCUT2D eigenvalue weighted by atomic mass is 19.1. The number of carbonyl (C=O) groups is 4. The van der Waals surface area contributed by atoms with E-state index in [-0.39, 0.29) is 61.7 Å². The SMILES string of the molecule is Cc1nc(NNC(=O)[C@@H](CNC(=O)O)CC2CCCC2)c(F)c(N2CCCC[C@H]2CO)n1.Cc1nc(NNC(=O)[C@@H](CNC(=O)O)CC2CCCC2)c(F)c(N2CCCC[C@H]2CO)n1. The Hall–Kier alpha value is -5.38. The Morgan fingerprint density at radius 3 is 1.30 bits per heavy atom. The highest BCUT2D eigenvalue weighted by Gasteiger charge is 2.31. The van der Waals surface area contributed by atoms with E-state index in [1.165, 1.54) is 0 Å². The van der Waals surface area contributed by atoms with Crippen LogP contribution in [0.5, 0.6) is 0 Å². The molecule has 4 aliphatic rings. The number of hydrogen-bond donors (Lipinski definition) is 10. The number of hydrogen-bond acceptors (Lipinski definition) is 14. The molecule has 6 rings (SSSR count). The van der Waals surface area contributed by atoms with Gasteiger partial charge in [0, 0.05) is 26.2 Å². The lowest BCUT2D eigenvalue weighted by atomic mass is 9.92. The largest absolute Gasteiger partial charge is 0.465 e. The molecule has 0 aromatic carbocycles. The van der Waals surface area contributed by atoms with E-state index in [0.717, 1.165) is 89.9 Å². The maximum absolute atomic E-state index is 15.2. The summed E-state index contributed by atoms with van der Waals surface area (Å²) in [5, 5.41) is 41.8. The second kappa shape index (κ2) is 24.6. The summed E-state index contributed by atoms with van der Waals surface area (Å²) in [5.74, 6) is -2.11. The average molecular weight is 905 g/mol. The van der Waals surface area contributed by atoms with Gasteiger partial charge in [0.05, 0.1) is 37.1 Å². The molecule has 64 heavy (non-hydrogen) atoms. The lowest BCUT2D eigenvalue weighted by Crippen LogP contribution is -2.44. The zero-order chi connectivity index (χ0) is 46.2. The molecule has 10 N–H and O–H groups in total. The Morgan fingerprint density at radius 1 is 0.594 bits per heavy atom. The number of aryl methyl sites for hydroxylation is 2. The van der Waals surface area contributed by atoms with E-state index < -0.39 is 47.5 Å². The molecule has 356 valence electrons. The number of rotatable bonds is 18. The molecule has 4 heterocycles. The molecule has 0 radical (unpaired) electrons. The van der Waals surface area contributed by atoms with E-state index in [4.69, 9.17) is 10.2 Å². The molecule has 4 amide bonds. The third-order valence-corrected chi connectivity index (χ3v) is 12.6. The van der Waals surface area contributed by atoms with E-state index in [1.54, 1.807) is 23.6 Å². The summed E-state index contributed by atoms with van der Waals surface area (Å²) in [7, 11) is 0. The summed E-state index contributed by atoms with van der Waals surface area (Å²) >= 11 is 0. The topological polar surface area (TPSA) is 279 Å². The van der Waals surface area contributed by atoms with Crippen molar-refractivity contribution in [3.63, 3.8) is 0 Å². The van der Waals surface area contributed by atoms with Gasteiger partial charge in [-0.15, -0.1) is 0 Å². The van der Waals surface area contributed by atoms with Crippen LogP contribution in [0.3, 0.4) is 0 Å². The normalized spacial score (nSPS) is 20.1. The van der Waals surface area contributed by atoms with Crippen molar-refractivity contribution in [3.05, 3.63) is 23.3 Å².